The molecule has 264 valence electrons. The molecule has 2 heterocycles. The van der Waals surface area contributed by atoms with Crippen LogP contribution in [-0.4, -0.2) is 37.2 Å². The monoisotopic (exact) mass is 770 g/mol. The van der Waals surface area contributed by atoms with Gasteiger partial charge in [-0.2, -0.15) is 9.97 Å². The number of amides is 2. The second kappa shape index (κ2) is 17.0. The first-order valence-electron chi connectivity index (χ1n) is 14.5. The zero-order valence-electron chi connectivity index (χ0n) is 26.7. The topological polar surface area (TPSA) is 193 Å². The highest BCUT2D eigenvalue weighted by molar-refractivity contribution is 9.08. The summed E-state index contributed by atoms with van der Waals surface area (Å²) in [7, 11) is 0. The number of phenols is 1. The zero-order chi connectivity index (χ0) is 37.2. The summed E-state index contributed by atoms with van der Waals surface area (Å²) >= 11 is 3.26. The van der Waals surface area contributed by atoms with E-state index in [0.29, 0.717) is 22.9 Å². The molecule has 17 heteroatoms. The fraction of sp³-hybridized carbons (Fsp3) is 0.118. The Kier molecular flexibility index (Phi) is 12.6. The molecule has 0 bridgehead atoms. The smallest absolute Gasteiger partial charge is 0.264 e. The number of rotatable bonds is 8. The molecule has 4 aromatic carbocycles. The number of carbonyl (C=O) groups is 2. The predicted molar refractivity (Wildman–Crippen MR) is 177 cm³/mol. The number of alkyl halides is 1. The van der Waals surface area contributed by atoms with Crippen molar-refractivity contribution in [2.24, 2.45) is 11.5 Å². The Hall–Kier alpha value is -6.10. The number of ether oxygens (including phenoxy) is 1. The van der Waals surface area contributed by atoms with Gasteiger partial charge < -0.3 is 30.4 Å². The van der Waals surface area contributed by atoms with Crippen LogP contribution < -0.4 is 16.2 Å². The second-order valence-electron chi connectivity index (χ2n) is 10.4. The molecule has 6 rings (SSSR count). The largest absolute Gasteiger partial charge is 0.505 e. The van der Waals surface area contributed by atoms with Crippen LogP contribution in [0.5, 0.6) is 11.5 Å². The molecule has 6 aromatic rings. The second-order valence-corrected chi connectivity index (χ2v) is 11.0. The van der Waals surface area contributed by atoms with Crippen molar-refractivity contribution >= 4 is 27.7 Å². The van der Waals surface area contributed by atoms with Crippen molar-refractivity contribution in [3.63, 3.8) is 0 Å². The summed E-state index contributed by atoms with van der Waals surface area (Å²) in [6.45, 7) is 3.75. The maximum Gasteiger partial charge on any atom is 0.264 e. The molecule has 0 aliphatic heterocycles. The van der Waals surface area contributed by atoms with Crippen LogP contribution in [0.3, 0.4) is 0 Å². The number of primary amides is 2. The normalized spacial score (nSPS) is 10.4. The number of nitrogens with zero attached hydrogens (tertiary/aromatic N) is 4. The first kappa shape index (κ1) is 37.7. The van der Waals surface area contributed by atoms with E-state index in [1.807, 2.05) is 62.4 Å². The van der Waals surface area contributed by atoms with Crippen LogP contribution in [0.4, 0.5) is 17.6 Å². The number of aromatic hydroxyl groups is 1. The Morgan fingerprint density at radius 2 is 1.16 bits per heavy atom. The number of halogens is 5. The highest BCUT2D eigenvalue weighted by Gasteiger charge is 2.20. The summed E-state index contributed by atoms with van der Waals surface area (Å²) in [5.41, 5.74) is 11.9. The van der Waals surface area contributed by atoms with Crippen molar-refractivity contribution in [1.82, 2.24) is 20.3 Å². The van der Waals surface area contributed by atoms with E-state index in [9.17, 15) is 27.2 Å². The van der Waals surface area contributed by atoms with Crippen LogP contribution in [0, 0.1) is 37.1 Å². The van der Waals surface area contributed by atoms with Gasteiger partial charge in [-0.25, -0.2) is 17.6 Å². The minimum atomic E-state index is -1.33. The first-order chi connectivity index (χ1) is 24.3. The molecule has 2 amide bonds. The lowest BCUT2D eigenvalue weighted by molar-refractivity contribution is 0.0982. The average molecular weight is 772 g/mol. The Morgan fingerprint density at radius 1 is 0.706 bits per heavy atom. The highest BCUT2D eigenvalue weighted by Crippen LogP contribution is 2.25. The third kappa shape index (κ3) is 9.75. The van der Waals surface area contributed by atoms with Gasteiger partial charge in [-0.15, -0.1) is 0 Å². The van der Waals surface area contributed by atoms with Crippen LogP contribution in [-0.2, 0) is 11.9 Å². The van der Waals surface area contributed by atoms with Gasteiger partial charge in [-0.3, -0.25) is 9.59 Å². The van der Waals surface area contributed by atoms with E-state index in [4.69, 9.17) is 24.6 Å². The maximum absolute atomic E-state index is 14.1. The first-order valence-corrected chi connectivity index (χ1v) is 15.6. The number of nitrogens with two attached hydrogens (primary N) is 2. The summed E-state index contributed by atoms with van der Waals surface area (Å²) in [6.07, 6.45) is 0. The molecule has 51 heavy (non-hydrogen) atoms. The summed E-state index contributed by atoms with van der Waals surface area (Å²) < 4.78 is 68.1. The minimum absolute atomic E-state index is 0.0972. The predicted octanol–water partition coefficient (Wildman–Crippen LogP) is 6.71. The van der Waals surface area contributed by atoms with E-state index >= 15 is 0 Å². The summed E-state index contributed by atoms with van der Waals surface area (Å²) in [5.74, 6) is -6.57. The van der Waals surface area contributed by atoms with Gasteiger partial charge in [0.2, 0.25) is 17.5 Å². The van der Waals surface area contributed by atoms with E-state index in [-0.39, 0.29) is 18.2 Å². The fourth-order valence-electron chi connectivity index (χ4n) is 4.04. The van der Waals surface area contributed by atoms with Gasteiger partial charge in [0.05, 0.1) is 5.33 Å². The Balaban J connectivity index is 0.000000189. The number of carbonyl (C=O) groups excluding carboxylic acids is 2. The molecule has 5 N–H and O–H groups in total. The van der Waals surface area contributed by atoms with Crippen molar-refractivity contribution in [1.29, 1.82) is 0 Å². The molecule has 0 saturated carbocycles. The maximum atomic E-state index is 14.1. The zero-order valence-corrected chi connectivity index (χ0v) is 28.3. The Bertz CT molecular complexity index is 2140. The van der Waals surface area contributed by atoms with Gasteiger partial charge >= 0.3 is 0 Å². The Labute approximate surface area is 295 Å². The highest BCUT2D eigenvalue weighted by atomic mass is 79.9. The lowest BCUT2D eigenvalue weighted by Gasteiger charge is -2.07. The molecule has 0 radical (unpaired) electrons. The van der Waals surface area contributed by atoms with E-state index in [2.05, 4.69) is 41.9 Å². The molecule has 0 saturated heterocycles. The molecule has 12 nitrogen and oxygen atoms in total. The van der Waals surface area contributed by atoms with E-state index < -0.39 is 52.0 Å². The van der Waals surface area contributed by atoms with Gasteiger partial charge in [-0.05, 0) is 38.1 Å². The number of hydrogen-bond acceptors (Lipinski definition) is 10. The molecule has 0 aliphatic rings. The number of benzene rings is 4. The van der Waals surface area contributed by atoms with Crippen LogP contribution >= 0.6 is 15.9 Å². The van der Waals surface area contributed by atoms with Gasteiger partial charge in [0.15, 0.2) is 29.7 Å². The van der Waals surface area contributed by atoms with Gasteiger partial charge in [-0.1, -0.05) is 85.9 Å². The number of aromatic nitrogens is 4. The van der Waals surface area contributed by atoms with E-state index in [0.717, 1.165) is 41.0 Å². The molecule has 2 aromatic heterocycles. The third-order valence-electron chi connectivity index (χ3n) is 6.64. The van der Waals surface area contributed by atoms with E-state index in [1.54, 1.807) is 0 Å². The van der Waals surface area contributed by atoms with Crippen molar-refractivity contribution in [2.45, 2.75) is 25.8 Å². The summed E-state index contributed by atoms with van der Waals surface area (Å²) in [4.78, 5) is 29.9. The molecule has 0 aliphatic carbocycles. The SMILES string of the molecule is Cc1ccc(-c2noc(CBr)n2)cc1.Cc1ccc(-c2noc(COc3ccc(F)c(C(N)=O)c3F)n2)cc1.NC(=O)c1c(F)ccc(O)c1F. The molecule has 0 spiro atoms. The van der Waals surface area contributed by atoms with Gasteiger partial charge in [0, 0.05) is 11.1 Å². The van der Waals surface area contributed by atoms with Crippen LogP contribution in [0.15, 0.2) is 81.8 Å². The molecular formula is C34H27BrF4N6O6. The standard InChI is InChI=1S/C17H13F2N3O3.C10H9BrN2O.C7H5F2NO2/c1-9-2-4-10(5-3-9)17-21-13(25-22-17)8-24-12-7-6-11(18)14(15(12)19)16(20)23;1-7-2-4-8(5-3-7)10-12-9(6-11)14-13-10;8-3-1-2-4(11)6(9)5(3)7(10)12/h2-7H,8H2,1H3,(H2,20,23);2-5H,6H2,1H3;1-2,11H,(H2,10,12). The molecule has 0 atom stereocenters. The number of phenolic OH excluding ortho intramolecular Hbond substituents is 1. The summed E-state index contributed by atoms with van der Waals surface area (Å²) in [5, 5.41) is 17.0. The summed E-state index contributed by atoms with van der Waals surface area (Å²) in [6, 6.07) is 19.0. The Morgan fingerprint density at radius 3 is 1.61 bits per heavy atom. The number of hydrogen-bond donors (Lipinski definition) is 3. The van der Waals surface area contributed by atoms with Crippen LogP contribution in [0.25, 0.3) is 22.8 Å². The fourth-order valence-corrected chi connectivity index (χ4v) is 4.27. The number of aryl methyl sites for hydroxylation is 2. The van der Waals surface area contributed by atoms with E-state index in [1.165, 1.54) is 5.56 Å². The van der Waals surface area contributed by atoms with Crippen LogP contribution in [0.2, 0.25) is 0 Å². The van der Waals surface area contributed by atoms with Crippen molar-refractivity contribution in [3.8, 4) is 34.3 Å². The average Bonchev–Trinajstić information content (AvgIpc) is 3.78. The van der Waals surface area contributed by atoms with Crippen molar-refractivity contribution in [2.75, 3.05) is 0 Å². The molecule has 0 unspecified atom stereocenters. The third-order valence-corrected chi connectivity index (χ3v) is 7.12. The molecule has 0 fully saturated rings. The van der Waals surface area contributed by atoms with Crippen molar-refractivity contribution < 1.29 is 46.0 Å². The quantitative estimate of drug-likeness (QED) is 0.111. The lowest BCUT2D eigenvalue weighted by atomic mass is 10.1. The van der Waals surface area contributed by atoms with Gasteiger partial charge in [0.25, 0.3) is 17.7 Å². The lowest BCUT2D eigenvalue weighted by Crippen LogP contribution is -2.16. The molecular weight excluding hydrogens is 744 g/mol. The van der Waals surface area contributed by atoms with Gasteiger partial charge in [0.1, 0.15) is 22.8 Å². The minimum Gasteiger partial charge on any atom is -0.505 e. The van der Waals surface area contributed by atoms with Crippen molar-refractivity contribution in [3.05, 3.63) is 130 Å². The van der Waals surface area contributed by atoms with Crippen LogP contribution in [0.1, 0.15) is 43.6 Å².